The summed E-state index contributed by atoms with van der Waals surface area (Å²) in [5.41, 5.74) is 6.92. The minimum Gasteiger partial charge on any atom is -0.488 e. The van der Waals surface area contributed by atoms with Crippen LogP contribution in [0.15, 0.2) is 22.7 Å². The molecule has 96 valence electrons. The molecule has 2 unspecified atom stereocenters. The van der Waals surface area contributed by atoms with Crippen LogP contribution in [0, 0.1) is 0 Å². The molecule has 2 atom stereocenters. The van der Waals surface area contributed by atoms with Crippen molar-refractivity contribution in [2.45, 2.75) is 32.9 Å². The summed E-state index contributed by atoms with van der Waals surface area (Å²) in [6.07, 6.45) is 0.0444. The summed E-state index contributed by atoms with van der Waals surface area (Å²) >= 11 is 3.50. The number of nitrogens with two attached hydrogens (primary N) is 1. The van der Waals surface area contributed by atoms with Gasteiger partial charge in [0.2, 0.25) is 0 Å². The summed E-state index contributed by atoms with van der Waals surface area (Å²) < 4.78 is 12.0. The summed E-state index contributed by atoms with van der Waals surface area (Å²) in [5, 5.41) is 0. The van der Waals surface area contributed by atoms with Crippen molar-refractivity contribution in [2.75, 3.05) is 13.2 Å². The van der Waals surface area contributed by atoms with Gasteiger partial charge in [0.1, 0.15) is 11.9 Å². The number of hydrogen-bond donors (Lipinski definition) is 1. The van der Waals surface area contributed by atoms with E-state index in [9.17, 15) is 0 Å². The fraction of sp³-hybridized carbons (Fsp3) is 0.538. The van der Waals surface area contributed by atoms with Gasteiger partial charge in [-0.25, -0.2) is 0 Å². The van der Waals surface area contributed by atoms with Crippen LogP contribution < -0.4 is 10.5 Å². The van der Waals surface area contributed by atoms with E-state index in [-0.39, 0.29) is 12.1 Å². The molecule has 0 heterocycles. The van der Waals surface area contributed by atoms with Crippen molar-refractivity contribution in [3.05, 3.63) is 28.2 Å². The van der Waals surface area contributed by atoms with Crippen molar-refractivity contribution in [3.8, 4) is 5.75 Å². The summed E-state index contributed by atoms with van der Waals surface area (Å²) in [6, 6.07) is 5.88. The Kier molecular flexibility index (Phi) is 5.95. The van der Waals surface area contributed by atoms with Crippen molar-refractivity contribution >= 4 is 15.9 Å². The summed E-state index contributed by atoms with van der Waals surface area (Å²) in [5.74, 6) is 0.827. The second kappa shape index (κ2) is 6.99. The van der Waals surface area contributed by atoms with E-state index in [0.717, 1.165) is 15.8 Å². The zero-order valence-corrected chi connectivity index (χ0v) is 12.2. The zero-order valence-electron chi connectivity index (χ0n) is 10.6. The monoisotopic (exact) mass is 301 g/mol. The van der Waals surface area contributed by atoms with Crippen molar-refractivity contribution in [1.29, 1.82) is 0 Å². The molecule has 0 aliphatic carbocycles. The molecule has 0 bridgehead atoms. The molecule has 0 spiro atoms. The van der Waals surface area contributed by atoms with Crippen LogP contribution in [0.1, 0.15) is 32.4 Å². The Bertz CT molecular complexity index is 355. The van der Waals surface area contributed by atoms with Gasteiger partial charge in [0.15, 0.2) is 0 Å². The zero-order chi connectivity index (χ0) is 12.8. The smallest absolute Gasteiger partial charge is 0.120 e. The summed E-state index contributed by atoms with van der Waals surface area (Å²) in [6.45, 7) is 7.23. The first kappa shape index (κ1) is 14.5. The lowest BCUT2D eigenvalue weighted by Gasteiger charge is -2.16. The molecule has 0 aliphatic rings. The van der Waals surface area contributed by atoms with Gasteiger partial charge >= 0.3 is 0 Å². The predicted molar refractivity (Wildman–Crippen MR) is 73.3 cm³/mol. The Morgan fingerprint density at radius 2 is 2.06 bits per heavy atom. The van der Waals surface area contributed by atoms with E-state index in [1.807, 2.05) is 39.0 Å². The van der Waals surface area contributed by atoms with Crippen LogP contribution in [0.3, 0.4) is 0 Å². The van der Waals surface area contributed by atoms with Crippen LogP contribution in [-0.4, -0.2) is 19.3 Å². The van der Waals surface area contributed by atoms with Gasteiger partial charge in [0.25, 0.3) is 0 Å². The van der Waals surface area contributed by atoms with Gasteiger partial charge in [-0.15, -0.1) is 0 Å². The van der Waals surface area contributed by atoms with Crippen LogP contribution in [0.2, 0.25) is 0 Å². The summed E-state index contributed by atoms with van der Waals surface area (Å²) in [4.78, 5) is 0. The van der Waals surface area contributed by atoms with Crippen LogP contribution in [-0.2, 0) is 4.74 Å². The number of ether oxygens (including phenoxy) is 2. The normalized spacial score (nSPS) is 14.4. The highest BCUT2D eigenvalue weighted by Crippen LogP contribution is 2.27. The van der Waals surface area contributed by atoms with Gasteiger partial charge in [-0.2, -0.15) is 0 Å². The predicted octanol–water partition coefficient (Wildman–Crippen LogP) is 3.27. The van der Waals surface area contributed by atoms with Crippen molar-refractivity contribution < 1.29 is 9.47 Å². The van der Waals surface area contributed by atoms with E-state index in [4.69, 9.17) is 15.2 Å². The lowest BCUT2D eigenvalue weighted by molar-refractivity contribution is 0.0657. The van der Waals surface area contributed by atoms with Crippen LogP contribution in [0.5, 0.6) is 5.75 Å². The highest BCUT2D eigenvalue weighted by Gasteiger charge is 2.08. The molecule has 0 saturated carbocycles. The molecule has 3 nitrogen and oxygen atoms in total. The lowest BCUT2D eigenvalue weighted by atomic mass is 10.1. The minimum absolute atomic E-state index is 0.0132. The third-order valence-corrected chi connectivity index (χ3v) is 3.04. The SMILES string of the molecule is CCOCC(C)Oc1ccc(C(C)N)c(Br)c1. The highest BCUT2D eigenvalue weighted by molar-refractivity contribution is 9.10. The van der Waals surface area contributed by atoms with E-state index in [0.29, 0.717) is 13.2 Å². The fourth-order valence-electron chi connectivity index (χ4n) is 1.50. The quantitative estimate of drug-likeness (QED) is 0.877. The minimum atomic E-state index is 0.0132. The van der Waals surface area contributed by atoms with Crippen molar-refractivity contribution in [1.82, 2.24) is 0 Å². The number of halogens is 1. The maximum atomic E-state index is 5.84. The van der Waals surface area contributed by atoms with Gasteiger partial charge < -0.3 is 15.2 Å². The van der Waals surface area contributed by atoms with E-state index in [2.05, 4.69) is 15.9 Å². The molecular formula is C13H20BrNO2. The Hall–Kier alpha value is -0.580. The second-order valence-corrected chi connectivity index (χ2v) is 4.91. The highest BCUT2D eigenvalue weighted by atomic mass is 79.9. The average molecular weight is 302 g/mol. The molecule has 0 fully saturated rings. The van der Waals surface area contributed by atoms with Gasteiger partial charge in [0.05, 0.1) is 6.61 Å². The second-order valence-electron chi connectivity index (χ2n) is 4.06. The first-order chi connectivity index (χ1) is 8.04. The molecule has 1 aromatic rings. The van der Waals surface area contributed by atoms with Gasteiger partial charge in [-0.05, 0) is 38.5 Å². The van der Waals surface area contributed by atoms with Crippen LogP contribution in [0.25, 0.3) is 0 Å². The Morgan fingerprint density at radius 1 is 1.35 bits per heavy atom. The number of benzene rings is 1. The maximum Gasteiger partial charge on any atom is 0.120 e. The Morgan fingerprint density at radius 3 is 2.59 bits per heavy atom. The van der Waals surface area contributed by atoms with Crippen LogP contribution in [0.4, 0.5) is 0 Å². The summed E-state index contributed by atoms with van der Waals surface area (Å²) in [7, 11) is 0. The third kappa shape index (κ3) is 4.66. The first-order valence-electron chi connectivity index (χ1n) is 5.84. The van der Waals surface area contributed by atoms with E-state index in [1.165, 1.54) is 0 Å². The number of hydrogen-bond acceptors (Lipinski definition) is 3. The van der Waals surface area contributed by atoms with Gasteiger partial charge in [0, 0.05) is 17.1 Å². The molecule has 0 aliphatic heterocycles. The molecule has 2 N–H and O–H groups in total. The Balaban J connectivity index is 2.64. The molecule has 1 aromatic carbocycles. The molecule has 0 saturated heterocycles. The van der Waals surface area contributed by atoms with Crippen molar-refractivity contribution in [3.63, 3.8) is 0 Å². The third-order valence-electron chi connectivity index (χ3n) is 2.36. The largest absolute Gasteiger partial charge is 0.488 e. The van der Waals surface area contributed by atoms with E-state index < -0.39 is 0 Å². The molecule has 1 rings (SSSR count). The first-order valence-corrected chi connectivity index (χ1v) is 6.63. The topological polar surface area (TPSA) is 44.5 Å². The van der Waals surface area contributed by atoms with Crippen LogP contribution >= 0.6 is 15.9 Å². The molecule has 17 heavy (non-hydrogen) atoms. The molecule has 0 amide bonds. The molecule has 0 aromatic heterocycles. The van der Waals surface area contributed by atoms with Gasteiger partial charge in [-0.1, -0.05) is 22.0 Å². The van der Waals surface area contributed by atoms with Gasteiger partial charge in [-0.3, -0.25) is 0 Å². The lowest BCUT2D eigenvalue weighted by Crippen LogP contribution is -2.19. The molecular weight excluding hydrogens is 282 g/mol. The standard InChI is InChI=1S/C13H20BrNO2/c1-4-16-8-9(2)17-11-5-6-12(10(3)15)13(14)7-11/h5-7,9-10H,4,8,15H2,1-3H3. The number of rotatable bonds is 6. The van der Waals surface area contributed by atoms with E-state index >= 15 is 0 Å². The van der Waals surface area contributed by atoms with Crippen molar-refractivity contribution in [2.24, 2.45) is 5.73 Å². The average Bonchev–Trinajstić information content (AvgIpc) is 2.26. The van der Waals surface area contributed by atoms with E-state index in [1.54, 1.807) is 0 Å². The fourth-order valence-corrected chi connectivity index (χ4v) is 2.22. The maximum absolute atomic E-state index is 5.84. The molecule has 0 radical (unpaired) electrons. The Labute approximate surface area is 111 Å². The molecule has 4 heteroatoms.